The van der Waals surface area contributed by atoms with Crippen LogP contribution in [0.25, 0.3) is 0 Å². The molecule has 0 spiro atoms. The Morgan fingerprint density at radius 3 is 2.52 bits per heavy atom. The molecule has 154 valence electrons. The fraction of sp³-hybridized carbons (Fsp3) is 0.409. The number of carbonyl (C=O) groups excluding carboxylic acids is 2. The lowest BCUT2D eigenvalue weighted by Crippen LogP contribution is -2.15. The van der Waals surface area contributed by atoms with Crippen molar-refractivity contribution in [3.8, 4) is 24.2 Å². The van der Waals surface area contributed by atoms with Gasteiger partial charge >= 0.3 is 5.97 Å². The van der Waals surface area contributed by atoms with Crippen LogP contribution in [0.5, 0.6) is 5.75 Å². The van der Waals surface area contributed by atoms with Crippen molar-refractivity contribution in [2.24, 2.45) is 0 Å². The summed E-state index contributed by atoms with van der Waals surface area (Å²) >= 11 is 0. The number of nitrogens with one attached hydrogen (secondary N) is 1. The molecule has 29 heavy (non-hydrogen) atoms. The number of amides is 1. The second-order valence-electron chi connectivity index (χ2n) is 6.08. The molecule has 0 aliphatic heterocycles. The third-order valence-corrected chi connectivity index (χ3v) is 3.85. The summed E-state index contributed by atoms with van der Waals surface area (Å²) in [7, 11) is 0. The van der Waals surface area contributed by atoms with Gasteiger partial charge in [-0.15, -0.1) is 12.3 Å². The van der Waals surface area contributed by atoms with E-state index >= 15 is 0 Å². The maximum atomic E-state index is 12.1. The zero-order valence-corrected chi connectivity index (χ0v) is 16.6. The summed E-state index contributed by atoms with van der Waals surface area (Å²) in [5.74, 6) is 1.78. The van der Waals surface area contributed by atoms with Gasteiger partial charge in [-0.05, 0) is 50.5 Å². The molecular weight excluding hydrogens is 372 g/mol. The van der Waals surface area contributed by atoms with Crippen LogP contribution in [0.2, 0.25) is 0 Å². The third-order valence-electron chi connectivity index (χ3n) is 3.85. The SMILES string of the molecule is C#CCCC(O)=C(C#N)C(=O)Nc1ccc(OCCCCCC(=O)OCC)cc1. The summed E-state index contributed by atoms with van der Waals surface area (Å²) in [4.78, 5) is 23.4. The number of terminal acetylenes is 1. The van der Waals surface area contributed by atoms with Crippen LogP contribution < -0.4 is 10.1 Å². The van der Waals surface area contributed by atoms with Gasteiger partial charge in [0.15, 0.2) is 5.57 Å². The Hall–Kier alpha value is -3.45. The number of anilines is 1. The lowest BCUT2D eigenvalue weighted by molar-refractivity contribution is -0.143. The number of allylic oxidation sites excluding steroid dienone is 1. The molecule has 1 aromatic carbocycles. The number of unbranched alkanes of at least 4 members (excludes halogenated alkanes) is 2. The second-order valence-corrected chi connectivity index (χ2v) is 6.08. The molecule has 1 aromatic rings. The maximum Gasteiger partial charge on any atom is 0.305 e. The molecule has 0 aliphatic rings. The molecule has 7 nitrogen and oxygen atoms in total. The minimum Gasteiger partial charge on any atom is -0.511 e. The fourth-order valence-corrected chi connectivity index (χ4v) is 2.36. The predicted molar refractivity (Wildman–Crippen MR) is 109 cm³/mol. The molecule has 7 heteroatoms. The molecule has 0 radical (unpaired) electrons. The van der Waals surface area contributed by atoms with Crippen molar-refractivity contribution in [2.75, 3.05) is 18.5 Å². The molecule has 0 saturated carbocycles. The third kappa shape index (κ3) is 9.34. The van der Waals surface area contributed by atoms with E-state index in [1.54, 1.807) is 37.3 Å². The van der Waals surface area contributed by atoms with Crippen molar-refractivity contribution >= 4 is 17.6 Å². The van der Waals surface area contributed by atoms with E-state index in [1.165, 1.54) is 0 Å². The van der Waals surface area contributed by atoms with E-state index in [0.717, 1.165) is 19.3 Å². The van der Waals surface area contributed by atoms with Crippen LogP contribution in [-0.2, 0) is 14.3 Å². The molecular formula is C22H26N2O5. The summed E-state index contributed by atoms with van der Waals surface area (Å²) in [5.41, 5.74) is 0.109. The Morgan fingerprint density at radius 2 is 1.90 bits per heavy atom. The van der Waals surface area contributed by atoms with Crippen LogP contribution in [0.15, 0.2) is 35.6 Å². The van der Waals surface area contributed by atoms with Gasteiger partial charge in [0, 0.05) is 24.9 Å². The lowest BCUT2D eigenvalue weighted by atomic mass is 10.1. The summed E-state index contributed by atoms with van der Waals surface area (Å²) in [6.45, 7) is 2.70. The number of aliphatic hydroxyl groups excluding tert-OH is 1. The van der Waals surface area contributed by atoms with Gasteiger partial charge < -0.3 is 19.9 Å². The van der Waals surface area contributed by atoms with E-state index < -0.39 is 5.91 Å². The van der Waals surface area contributed by atoms with Gasteiger partial charge in [-0.25, -0.2) is 0 Å². The monoisotopic (exact) mass is 398 g/mol. The van der Waals surface area contributed by atoms with Crippen LogP contribution in [0.3, 0.4) is 0 Å². The van der Waals surface area contributed by atoms with Gasteiger partial charge in [-0.3, -0.25) is 9.59 Å². The number of hydrogen-bond acceptors (Lipinski definition) is 6. The first kappa shape index (κ1) is 23.6. The maximum absolute atomic E-state index is 12.1. The molecule has 0 unspecified atom stereocenters. The highest BCUT2D eigenvalue weighted by Gasteiger charge is 2.15. The van der Waals surface area contributed by atoms with Crippen LogP contribution in [0, 0.1) is 23.7 Å². The Balaban J connectivity index is 2.42. The number of ether oxygens (including phenoxy) is 2. The van der Waals surface area contributed by atoms with Crippen molar-refractivity contribution in [3.63, 3.8) is 0 Å². The molecule has 1 rings (SSSR count). The van der Waals surface area contributed by atoms with Crippen molar-refractivity contribution in [1.29, 1.82) is 5.26 Å². The number of nitriles is 1. The van der Waals surface area contributed by atoms with E-state index in [2.05, 4.69) is 11.2 Å². The van der Waals surface area contributed by atoms with Gasteiger partial charge in [0.25, 0.3) is 5.91 Å². The normalized spacial score (nSPS) is 10.9. The number of benzene rings is 1. The quantitative estimate of drug-likeness (QED) is 0.138. The predicted octanol–water partition coefficient (Wildman–Crippen LogP) is 3.88. The minimum absolute atomic E-state index is 0.0688. The minimum atomic E-state index is -0.697. The number of hydrogen-bond donors (Lipinski definition) is 2. The van der Waals surface area contributed by atoms with Crippen LogP contribution in [0.4, 0.5) is 5.69 Å². The van der Waals surface area contributed by atoms with Gasteiger partial charge in [-0.1, -0.05) is 0 Å². The van der Waals surface area contributed by atoms with Crippen LogP contribution >= 0.6 is 0 Å². The molecule has 1 amide bonds. The first-order valence-corrected chi connectivity index (χ1v) is 9.47. The Labute approximate surface area is 171 Å². The Bertz CT molecular complexity index is 785. The number of aliphatic hydroxyl groups is 1. The molecule has 0 saturated heterocycles. The highest BCUT2D eigenvalue weighted by molar-refractivity contribution is 6.06. The Kier molecular flexibility index (Phi) is 11.1. The van der Waals surface area contributed by atoms with Crippen molar-refractivity contribution in [2.45, 2.75) is 45.4 Å². The second kappa shape index (κ2) is 13.7. The number of carbonyl (C=O) groups is 2. The van der Waals surface area contributed by atoms with Crippen LogP contribution in [-0.4, -0.2) is 30.2 Å². The van der Waals surface area contributed by atoms with Crippen molar-refractivity contribution in [3.05, 3.63) is 35.6 Å². The zero-order valence-electron chi connectivity index (χ0n) is 16.6. The van der Waals surface area contributed by atoms with E-state index in [-0.39, 0.29) is 30.1 Å². The fourth-order valence-electron chi connectivity index (χ4n) is 2.36. The number of rotatable bonds is 12. The molecule has 0 fully saturated rings. The Morgan fingerprint density at radius 1 is 1.17 bits per heavy atom. The smallest absolute Gasteiger partial charge is 0.305 e. The summed E-state index contributed by atoms with van der Waals surface area (Å²) in [5, 5.41) is 21.4. The van der Waals surface area contributed by atoms with Gasteiger partial charge in [0.2, 0.25) is 0 Å². The average molecular weight is 398 g/mol. The van der Waals surface area contributed by atoms with Gasteiger partial charge in [-0.2, -0.15) is 5.26 Å². The topological polar surface area (TPSA) is 109 Å². The zero-order chi connectivity index (χ0) is 21.5. The van der Waals surface area contributed by atoms with Gasteiger partial charge in [0.05, 0.1) is 13.2 Å². The summed E-state index contributed by atoms with van der Waals surface area (Å²) in [6.07, 6.45) is 8.27. The molecule has 0 bridgehead atoms. The van der Waals surface area contributed by atoms with E-state index in [1.807, 2.05) is 0 Å². The molecule has 0 aromatic heterocycles. The van der Waals surface area contributed by atoms with Crippen molar-refractivity contribution in [1.82, 2.24) is 0 Å². The average Bonchev–Trinajstić information content (AvgIpc) is 2.71. The lowest BCUT2D eigenvalue weighted by Gasteiger charge is -2.09. The summed E-state index contributed by atoms with van der Waals surface area (Å²) < 4.78 is 10.5. The van der Waals surface area contributed by atoms with E-state index in [9.17, 15) is 14.7 Å². The summed E-state index contributed by atoms with van der Waals surface area (Å²) in [6, 6.07) is 8.37. The first-order chi connectivity index (χ1) is 14.0. The molecule has 0 aliphatic carbocycles. The van der Waals surface area contributed by atoms with Crippen LogP contribution in [0.1, 0.15) is 45.4 Å². The first-order valence-electron chi connectivity index (χ1n) is 9.47. The van der Waals surface area contributed by atoms with Crippen molar-refractivity contribution < 1.29 is 24.2 Å². The standard InChI is InChI=1S/C22H26N2O5/c1-3-5-9-20(25)19(16-23)22(27)24-17-11-13-18(14-12-17)29-15-8-6-7-10-21(26)28-4-2/h1,11-14,25H,4-10,15H2,2H3,(H,24,27). The molecule has 0 atom stereocenters. The van der Waals surface area contributed by atoms with Gasteiger partial charge in [0.1, 0.15) is 17.6 Å². The van der Waals surface area contributed by atoms with E-state index in [0.29, 0.717) is 31.1 Å². The number of nitrogens with zero attached hydrogens (tertiary/aromatic N) is 1. The highest BCUT2D eigenvalue weighted by Crippen LogP contribution is 2.18. The van der Waals surface area contributed by atoms with E-state index in [4.69, 9.17) is 21.2 Å². The number of esters is 1. The highest BCUT2D eigenvalue weighted by atomic mass is 16.5. The largest absolute Gasteiger partial charge is 0.511 e. The molecule has 2 N–H and O–H groups in total. The molecule has 0 heterocycles.